The van der Waals surface area contributed by atoms with Gasteiger partial charge in [-0.15, -0.1) is 0 Å². The van der Waals surface area contributed by atoms with Crippen LogP contribution in [0.4, 0.5) is 0 Å². The minimum Gasteiger partial charge on any atom is -0.372 e. The SMILES string of the molecule is CC(C)CCC[C@@H](C)[C@H]1CCC2C3CCC4C[C@@H](O[C@H]5CC[C@H](O[C@@H]6CC[C@H](O[C@@H]7CC[C@H](O[C@@H]8CCCC(COS(=O)(=O)O)O8)C(COS(=O)(=O)O)O7)C(COS(=O)(=O)O)C6)C(COS(=O)(=O)O)O5)CC[C@]4(C)C3CC[C@@]21C. The van der Waals surface area contributed by atoms with Gasteiger partial charge in [0.05, 0.1) is 63.1 Å². The van der Waals surface area contributed by atoms with Gasteiger partial charge in [0.15, 0.2) is 18.9 Å². The largest absolute Gasteiger partial charge is 0.397 e. The van der Waals surface area contributed by atoms with Crippen molar-refractivity contribution in [1.29, 1.82) is 0 Å². The zero-order valence-electron chi connectivity index (χ0n) is 46.5. The Hall–Kier alpha value is -0.800. The van der Waals surface area contributed by atoms with E-state index in [1.54, 1.807) is 0 Å². The fourth-order valence-electron chi connectivity index (χ4n) is 16.1. The Bertz CT molecular complexity index is 2430. The van der Waals surface area contributed by atoms with Gasteiger partial charge in [-0.3, -0.25) is 18.2 Å². The molecule has 0 bridgehead atoms. The summed E-state index contributed by atoms with van der Waals surface area (Å²) in [4.78, 5) is 0. The molecule has 8 rings (SSSR count). The zero-order chi connectivity index (χ0) is 57.1. The van der Waals surface area contributed by atoms with Crippen LogP contribution in [0.2, 0.25) is 0 Å². The molecule has 5 saturated carbocycles. The number of fused-ring (bicyclic) bond motifs is 5. The first-order valence-corrected chi connectivity index (χ1v) is 34.5. The molecule has 5 aliphatic carbocycles. The fourth-order valence-corrected chi connectivity index (χ4v) is 17.4. The van der Waals surface area contributed by atoms with Crippen molar-refractivity contribution >= 4 is 41.6 Å². The normalized spacial score (nSPS) is 41.1. The predicted molar refractivity (Wildman–Crippen MR) is 282 cm³/mol. The number of rotatable bonds is 25. The van der Waals surface area contributed by atoms with E-state index in [1.165, 1.54) is 57.8 Å². The summed E-state index contributed by atoms with van der Waals surface area (Å²) in [5.41, 5.74) is 0.670. The molecule has 8 aliphatic rings. The average molecular weight is 1210 g/mol. The van der Waals surface area contributed by atoms with Gasteiger partial charge in [0.1, 0.15) is 12.2 Å². The lowest BCUT2D eigenvalue weighted by Gasteiger charge is -2.61. The third-order valence-corrected chi connectivity index (χ3v) is 21.5. The molecule has 3 heterocycles. The van der Waals surface area contributed by atoms with E-state index in [2.05, 4.69) is 43.0 Å². The maximum absolute atomic E-state index is 11.9. The molecule has 3 aliphatic heterocycles. The maximum atomic E-state index is 11.9. The van der Waals surface area contributed by atoms with Crippen LogP contribution in [0.3, 0.4) is 0 Å². The second-order valence-corrected chi connectivity index (χ2v) is 29.6. The van der Waals surface area contributed by atoms with Gasteiger partial charge in [0.2, 0.25) is 0 Å². The molecule has 27 heteroatoms. The fraction of sp³-hybridized carbons (Fsp3) is 1.00. The Labute approximate surface area is 469 Å². The molecule has 20 atom stereocenters. The summed E-state index contributed by atoms with van der Waals surface area (Å²) in [6, 6.07) is 0. The van der Waals surface area contributed by atoms with Crippen LogP contribution in [0, 0.1) is 58.2 Å². The Balaban J connectivity index is 0.854. The second kappa shape index (κ2) is 26.9. The first-order valence-electron chi connectivity index (χ1n) is 29.1. The van der Waals surface area contributed by atoms with Gasteiger partial charge in [-0.2, -0.15) is 33.7 Å². The van der Waals surface area contributed by atoms with E-state index in [0.717, 1.165) is 48.9 Å². The second-order valence-electron chi connectivity index (χ2n) is 25.3. The number of hydrogen-bond acceptors (Lipinski definition) is 19. The Kier molecular flexibility index (Phi) is 21.8. The highest BCUT2D eigenvalue weighted by Gasteiger charge is 2.61. The van der Waals surface area contributed by atoms with Gasteiger partial charge < -0.3 is 33.2 Å². The number of hydrogen-bond donors (Lipinski definition) is 4. The zero-order valence-corrected chi connectivity index (χ0v) is 49.8. The van der Waals surface area contributed by atoms with E-state index >= 15 is 0 Å². The van der Waals surface area contributed by atoms with Crippen molar-refractivity contribution in [3.05, 3.63) is 0 Å². The lowest BCUT2D eigenvalue weighted by Crippen LogP contribution is -2.54. The molecule has 8 unspecified atom stereocenters. The van der Waals surface area contributed by atoms with Gasteiger partial charge in [0.25, 0.3) is 0 Å². The maximum Gasteiger partial charge on any atom is 0.397 e. The van der Waals surface area contributed by atoms with Crippen LogP contribution in [-0.4, -0.2) is 146 Å². The third-order valence-electron chi connectivity index (χ3n) is 19.8. The first kappa shape index (κ1) is 64.2. The highest BCUT2D eigenvalue weighted by molar-refractivity contribution is 7.81. The van der Waals surface area contributed by atoms with E-state index in [4.69, 9.17) is 46.1 Å². The van der Waals surface area contributed by atoms with Crippen molar-refractivity contribution in [3.63, 3.8) is 0 Å². The minimum absolute atomic E-state index is 0.0467. The molecule has 0 amide bonds. The van der Waals surface area contributed by atoms with Crippen LogP contribution >= 0.6 is 0 Å². The van der Waals surface area contributed by atoms with Gasteiger partial charge in [-0.05, 0) is 161 Å². The number of ether oxygens (including phenoxy) is 7. The summed E-state index contributed by atoms with van der Waals surface area (Å²) in [5, 5.41) is 0. The van der Waals surface area contributed by atoms with Crippen molar-refractivity contribution < 1.29 is 102 Å². The summed E-state index contributed by atoms with van der Waals surface area (Å²) in [6.45, 7) is 10.1. The Morgan fingerprint density at radius 1 is 0.494 bits per heavy atom. The van der Waals surface area contributed by atoms with Gasteiger partial charge >= 0.3 is 41.6 Å². The summed E-state index contributed by atoms with van der Waals surface area (Å²) in [5.74, 6) is 4.39. The predicted octanol–water partition coefficient (Wildman–Crippen LogP) is 8.00. The molecule has 460 valence electrons. The Morgan fingerprint density at radius 3 is 1.68 bits per heavy atom. The molecule has 23 nitrogen and oxygen atoms in total. The lowest BCUT2D eigenvalue weighted by molar-refractivity contribution is -0.294. The van der Waals surface area contributed by atoms with Crippen LogP contribution in [0.5, 0.6) is 0 Å². The van der Waals surface area contributed by atoms with Crippen LogP contribution in [-0.2, 0) is 91.5 Å². The summed E-state index contributed by atoms with van der Waals surface area (Å²) >= 11 is 0. The van der Waals surface area contributed by atoms with Gasteiger partial charge in [-0.1, -0.05) is 53.9 Å². The van der Waals surface area contributed by atoms with Gasteiger partial charge in [-0.25, -0.2) is 16.7 Å². The van der Waals surface area contributed by atoms with E-state index in [1.807, 2.05) is 0 Å². The van der Waals surface area contributed by atoms with Crippen molar-refractivity contribution in [2.45, 2.75) is 244 Å². The summed E-state index contributed by atoms with van der Waals surface area (Å²) in [7, 11) is -19.4. The standard InChI is InChI=1S/C52H90O23S4/c1-32(2)8-6-9-33(3)40-15-16-41-39-14-12-35-27-37(22-24-51(35,4)42(39)23-25-52(40,41)5)70-49-20-18-44(46(74-49)30-67-78(59,60)61)69-36-13-17-43(34(26-36)28-65-76(53,54)55)72-50-21-19-45(47(75-50)31-68-79(62,63)64)73-48-11-7-10-38(71-48)29-66-77(56,57)58/h32-50H,6-31H2,1-5H3,(H,53,54,55)(H,56,57,58)(H,59,60,61)(H,62,63,64)/t33-,34?,35?,36-,37+,38?,39?,40-,41?,42?,43+,44+,45+,46?,47?,48-,49-,50+,51+,52-/m1/s1. The third kappa shape index (κ3) is 17.9. The van der Waals surface area contributed by atoms with Crippen molar-refractivity contribution in [1.82, 2.24) is 0 Å². The van der Waals surface area contributed by atoms with E-state index < -0.39 is 136 Å². The van der Waals surface area contributed by atoms with Crippen LogP contribution in [0.15, 0.2) is 0 Å². The van der Waals surface area contributed by atoms with Gasteiger partial charge in [0, 0.05) is 18.8 Å². The van der Waals surface area contributed by atoms with E-state index in [9.17, 15) is 47.3 Å². The topological polar surface area (TPSA) is 319 Å². The molecular formula is C52H90O23S4. The summed E-state index contributed by atoms with van der Waals surface area (Å²) < 4.78 is 194. The minimum atomic E-state index is -4.93. The first-order chi connectivity index (χ1) is 37.0. The molecule has 4 N–H and O–H groups in total. The van der Waals surface area contributed by atoms with Crippen molar-refractivity contribution in [2.24, 2.45) is 58.2 Å². The molecular weight excluding hydrogens is 1120 g/mol. The smallest absolute Gasteiger partial charge is 0.372 e. The molecule has 3 saturated heterocycles. The Morgan fingerprint density at radius 2 is 1.04 bits per heavy atom. The molecule has 0 radical (unpaired) electrons. The monoisotopic (exact) mass is 1210 g/mol. The van der Waals surface area contributed by atoms with E-state index in [-0.39, 0.29) is 37.2 Å². The highest BCUT2D eigenvalue weighted by Crippen LogP contribution is 2.68. The summed E-state index contributed by atoms with van der Waals surface area (Å²) in [6.07, 6.45) is 9.45. The highest BCUT2D eigenvalue weighted by atomic mass is 32.3. The van der Waals surface area contributed by atoms with Crippen molar-refractivity contribution in [2.75, 3.05) is 26.4 Å². The molecule has 0 aromatic rings. The molecule has 79 heavy (non-hydrogen) atoms. The average Bonchev–Trinajstić information content (AvgIpc) is 4.02. The van der Waals surface area contributed by atoms with Crippen LogP contribution in [0.25, 0.3) is 0 Å². The van der Waals surface area contributed by atoms with Crippen molar-refractivity contribution in [3.8, 4) is 0 Å². The van der Waals surface area contributed by atoms with Crippen LogP contribution < -0.4 is 0 Å². The molecule has 0 aromatic heterocycles. The lowest BCUT2D eigenvalue weighted by atomic mass is 9.44. The molecule has 8 fully saturated rings. The molecule has 0 spiro atoms. The van der Waals surface area contributed by atoms with Crippen LogP contribution in [0.1, 0.15) is 176 Å². The van der Waals surface area contributed by atoms with E-state index in [0.29, 0.717) is 55.8 Å². The molecule has 0 aromatic carbocycles. The quantitative estimate of drug-likeness (QED) is 0.0497.